The number of carbonyl (C=O) groups excluding carboxylic acids is 1. The molecule has 0 aromatic heterocycles. The van der Waals surface area contributed by atoms with Gasteiger partial charge in [-0.05, 0) is 40.8 Å². The van der Waals surface area contributed by atoms with Crippen LogP contribution >= 0.6 is 0 Å². The maximum Gasteiger partial charge on any atom is 0.248 e. The van der Waals surface area contributed by atoms with Crippen LogP contribution in [0.15, 0.2) is 53.4 Å². The number of methoxy groups -OCH3 is 1. The van der Waals surface area contributed by atoms with E-state index in [0.717, 1.165) is 9.87 Å². The van der Waals surface area contributed by atoms with Crippen molar-refractivity contribution in [3.8, 4) is 5.75 Å². The molecule has 0 saturated heterocycles. The van der Waals surface area contributed by atoms with Gasteiger partial charge in [-0.3, -0.25) is 4.79 Å². The SMILES string of the molecule is COc1ccc(S(=O)(=O)N(C)C)cc1NC(=O)C=Cc1ccc(C(C)(C)C)cc1. The molecule has 6 nitrogen and oxygen atoms in total. The Morgan fingerprint density at radius 2 is 1.69 bits per heavy atom. The van der Waals surface area contributed by atoms with E-state index in [2.05, 4.69) is 26.1 Å². The first-order valence-corrected chi connectivity index (χ1v) is 10.6. The van der Waals surface area contributed by atoms with Crippen molar-refractivity contribution in [1.29, 1.82) is 0 Å². The summed E-state index contributed by atoms with van der Waals surface area (Å²) >= 11 is 0. The topological polar surface area (TPSA) is 75.7 Å². The van der Waals surface area contributed by atoms with Crippen molar-refractivity contribution in [2.24, 2.45) is 0 Å². The lowest BCUT2D eigenvalue weighted by atomic mass is 9.87. The van der Waals surface area contributed by atoms with Gasteiger partial charge < -0.3 is 10.1 Å². The van der Waals surface area contributed by atoms with E-state index in [-0.39, 0.29) is 21.9 Å². The summed E-state index contributed by atoms with van der Waals surface area (Å²) in [6, 6.07) is 12.3. The molecular formula is C22H28N2O4S. The summed E-state index contributed by atoms with van der Waals surface area (Å²) in [5.74, 6) is -0.0124. The fourth-order valence-corrected chi connectivity index (χ4v) is 3.53. The zero-order valence-corrected chi connectivity index (χ0v) is 18.5. The average Bonchev–Trinajstić information content (AvgIpc) is 2.65. The lowest BCUT2D eigenvalue weighted by Crippen LogP contribution is -2.22. The zero-order chi connectivity index (χ0) is 21.8. The van der Waals surface area contributed by atoms with Crippen molar-refractivity contribution in [3.05, 3.63) is 59.7 Å². The minimum absolute atomic E-state index is 0.0636. The van der Waals surface area contributed by atoms with Crippen molar-refractivity contribution in [3.63, 3.8) is 0 Å². The van der Waals surface area contributed by atoms with Gasteiger partial charge in [-0.25, -0.2) is 12.7 Å². The standard InChI is InChI=1S/C22H28N2O4S/c1-22(2,3)17-10-7-16(8-11-17)9-14-21(25)23-19-15-18(12-13-20(19)28-6)29(26,27)24(4)5/h7-15H,1-6H3,(H,23,25). The molecule has 2 aromatic carbocycles. The monoisotopic (exact) mass is 416 g/mol. The Bertz CT molecular complexity index is 1000. The van der Waals surface area contributed by atoms with Crippen LogP contribution in [0.4, 0.5) is 5.69 Å². The minimum atomic E-state index is -3.62. The fraction of sp³-hybridized carbons (Fsp3) is 0.318. The van der Waals surface area contributed by atoms with Gasteiger partial charge in [-0.15, -0.1) is 0 Å². The maximum absolute atomic E-state index is 12.4. The second-order valence-corrected chi connectivity index (χ2v) is 10.00. The number of rotatable bonds is 6. The van der Waals surface area contributed by atoms with Crippen LogP contribution in [0.5, 0.6) is 5.75 Å². The molecule has 1 N–H and O–H groups in total. The van der Waals surface area contributed by atoms with E-state index < -0.39 is 10.0 Å². The molecule has 29 heavy (non-hydrogen) atoms. The lowest BCUT2D eigenvalue weighted by molar-refractivity contribution is -0.111. The van der Waals surface area contributed by atoms with E-state index in [4.69, 9.17) is 4.74 Å². The third kappa shape index (κ3) is 5.68. The van der Waals surface area contributed by atoms with Crippen LogP contribution in [0.25, 0.3) is 6.08 Å². The van der Waals surface area contributed by atoms with Gasteiger partial charge in [0.25, 0.3) is 0 Å². The van der Waals surface area contributed by atoms with Crippen LogP contribution in [0, 0.1) is 0 Å². The van der Waals surface area contributed by atoms with Gasteiger partial charge in [-0.2, -0.15) is 0 Å². The molecule has 0 radical (unpaired) electrons. The molecule has 2 aromatic rings. The maximum atomic E-state index is 12.4. The molecule has 0 fully saturated rings. The van der Waals surface area contributed by atoms with E-state index in [1.54, 1.807) is 6.08 Å². The molecule has 156 valence electrons. The van der Waals surface area contributed by atoms with E-state index in [0.29, 0.717) is 5.75 Å². The highest BCUT2D eigenvalue weighted by Gasteiger charge is 2.19. The van der Waals surface area contributed by atoms with Crippen molar-refractivity contribution < 1.29 is 17.9 Å². The number of anilines is 1. The molecule has 0 aliphatic heterocycles. The smallest absolute Gasteiger partial charge is 0.248 e. The highest BCUT2D eigenvalue weighted by Crippen LogP contribution is 2.28. The largest absolute Gasteiger partial charge is 0.495 e. The van der Waals surface area contributed by atoms with Crippen LogP contribution < -0.4 is 10.1 Å². The molecule has 0 atom stereocenters. The molecule has 0 bridgehead atoms. The number of sulfonamides is 1. The summed E-state index contributed by atoms with van der Waals surface area (Å²) in [4.78, 5) is 12.4. The van der Waals surface area contributed by atoms with Crippen molar-refractivity contribution in [2.45, 2.75) is 31.1 Å². The highest BCUT2D eigenvalue weighted by atomic mass is 32.2. The van der Waals surface area contributed by atoms with Crippen molar-refractivity contribution in [1.82, 2.24) is 4.31 Å². The van der Waals surface area contributed by atoms with Crippen LogP contribution in [0.3, 0.4) is 0 Å². The Morgan fingerprint density at radius 3 is 2.21 bits per heavy atom. The number of amides is 1. The third-order valence-corrected chi connectivity index (χ3v) is 6.22. The van der Waals surface area contributed by atoms with E-state index in [1.807, 2.05) is 24.3 Å². The molecule has 0 saturated carbocycles. The Hall–Kier alpha value is -2.64. The van der Waals surface area contributed by atoms with Gasteiger partial charge in [0.2, 0.25) is 15.9 Å². The Kier molecular flexibility index (Phi) is 6.87. The van der Waals surface area contributed by atoms with Gasteiger partial charge in [0.05, 0.1) is 17.7 Å². The molecule has 0 aliphatic rings. The van der Waals surface area contributed by atoms with Crippen LogP contribution in [-0.2, 0) is 20.2 Å². The number of nitrogens with zero attached hydrogens (tertiary/aromatic N) is 1. The van der Waals surface area contributed by atoms with Gasteiger partial charge in [0.1, 0.15) is 5.75 Å². The van der Waals surface area contributed by atoms with Gasteiger partial charge in [0, 0.05) is 20.2 Å². The van der Waals surface area contributed by atoms with Gasteiger partial charge >= 0.3 is 0 Å². The number of hydrogen-bond acceptors (Lipinski definition) is 4. The molecule has 0 unspecified atom stereocenters. The Morgan fingerprint density at radius 1 is 1.07 bits per heavy atom. The normalized spacial score (nSPS) is 12.4. The van der Waals surface area contributed by atoms with Crippen molar-refractivity contribution >= 4 is 27.7 Å². The number of benzene rings is 2. The lowest BCUT2D eigenvalue weighted by Gasteiger charge is -2.18. The van der Waals surface area contributed by atoms with Gasteiger partial charge in [0.15, 0.2) is 0 Å². The molecule has 0 aliphatic carbocycles. The van der Waals surface area contributed by atoms with Crippen LogP contribution in [0.1, 0.15) is 31.9 Å². The number of ether oxygens (including phenoxy) is 1. The first kappa shape index (κ1) is 22.6. The first-order valence-electron chi connectivity index (χ1n) is 9.15. The second-order valence-electron chi connectivity index (χ2n) is 7.84. The minimum Gasteiger partial charge on any atom is -0.495 e. The predicted molar refractivity (Wildman–Crippen MR) is 117 cm³/mol. The molecule has 0 heterocycles. The third-order valence-electron chi connectivity index (χ3n) is 4.41. The fourth-order valence-electron chi connectivity index (χ4n) is 2.60. The van der Waals surface area contributed by atoms with Crippen molar-refractivity contribution in [2.75, 3.05) is 26.5 Å². The van der Waals surface area contributed by atoms with E-state index in [1.165, 1.54) is 51.0 Å². The zero-order valence-electron chi connectivity index (χ0n) is 17.7. The number of hydrogen-bond donors (Lipinski definition) is 1. The molecule has 1 amide bonds. The second kappa shape index (κ2) is 8.80. The quantitative estimate of drug-likeness (QED) is 0.725. The summed E-state index contributed by atoms with van der Waals surface area (Å²) < 4.78 is 31.0. The summed E-state index contributed by atoms with van der Waals surface area (Å²) in [6.07, 6.45) is 3.10. The summed E-state index contributed by atoms with van der Waals surface area (Å²) in [6.45, 7) is 6.43. The molecule has 2 rings (SSSR count). The first-order chi connectivity index (χ1) is 13.4. The molecule has 7 heteroatoms. The van der Waals surface area contributed by atoms with Gasteiger partial charge in [-0.1, -0.05) is 45.0 Å². The van der Waals surface area contributed by atoms with Crippen LogP contribution in [-0.4, -0.2) is 39.8 Å². The average molecular weight is 417 g/mol. The predicted octanol–water partition coefficient (Wildman–Crippen LogP) is 3.89. The Labute approximate surface area is 173 Å². The number of nitrogens with one attached hydrogen (secondary N) is 1. The molecular weight excluding hydrogens is 388 g/mol. The highest BCUT2D eigenvalue weighted by molar-refractivity contribution is 7.89. The Balaban J connectivity index is 2.20. The molecule has 0 spiro atoms. The summed E-state index contributed by atoms with van der Waals surface area (Å²) in [5.41, 5.74) is 2.45. The van der Waals surface area contributed by atoms with E-state index in [9.17, 15) is 13.2 Å². The number of carbonyl (C=O) groups is 1. The summed E-state index contributed by atoms with van der Waals surface area (Å²) in [5, 5.41) is 2.69. The summed E-state index contributed by atoms with van der Waals surface area (Å²) in [7, 11) is 0.733. The van der Waals surface area contributed by atoms with Crippen LogP contribution in [0.2, 0.25) is 0 Å². The van der Waals surface area contributed by atoms with E-state index >= 15 is 0 Å².